The topological polar surface area (TPSA) is 293 Å². The van der Waals surface area contributed by atoms with E-state index in [1.807, 2.05) is 0 Å². The van der Waals surface area contributed by atoms with Crippen LogP contribution < -0.4 is 30.7 Å². The summed E-state index contributed by atoms with van der Waals surface area (Å²) >= 11 is 0. The first kappa shape index (κ1) is 37.6. The molecule has 2 aromatic carbocycles. The van der Waals surface area contributed by atoms with Crippen LogP contribution in [0.4, 0.5) is 35.2 Å². The molecule has 0 fully saturated rings. The number of nitrogens with zero attached hydrogens (tertiary/aromatic N) is 6. The molecule has 2 unspecified atom stereocenters. The fraction of sp³-hybridized carbons (Fsp3) is 0.286. The van der Waals surface area contributed by atoms with Crippen molar-refractivity contribution >= 4 is 67.6 Å². The Balaban J connectivity index is 1.64. The second kappa shape index (κ2) is 16.0. The Morgan fingerprint density at radius 2 is 1.00 bits per heavy atom. The molecular weight excluding hydrogens is 701 g/mol. The summed E-state index contributed by atoms with van der Waals surface area (Å²) in [7, 11) is -6.99. The third-order valence-corrected chi connectivity index (χ3v) is 8.06. The lowest BCUT2D eigenvalue weighted by molar-refractivity contribution is 0.207. The van der Waals surface area contributed by atoms with Gasteiger partial charge in [0.2, 0.25) is 23.8 Å². The molecule has 0 spiro atoms. The molecule has 8 N–H and O–H groups in total. The minimum Gasteiger partial charge on any atom is -0.467 e. The average Bonchev–Trinajstić information content (AvgIpc) is 3.05. The average molecular weight is 735 g/mol. The van der Waals surface area contributed by atoms with E-state index >= 15 is 0 Å². The van der Waals surface area contributed by atoms with E-state index in [9.17, 15) is 36.2 Å². The molecule has 4 aromatic rings. The van der Waals surface area contributed by atoms with Gasteiger partial charge in [-0.1, -0.05) is 24.3 Å². The third-order valence-electron chi connectivity index (χ3n) is 6.24. The summed E-state index contributed by atoms with van der Waals surface area (Å²) < 4.78 is 79.7. The molecule has 2 heterocycles. The van der Waals surface area contributed by atoms with Gasteiger partial charge < -0.3 is 41.0 Å². The highest BCUT2D eigenvalue weighted by Gasteiger charge is 2.19. The van der Waals surface area contributed by atoms with Crippen molar-refractivity contribution in [1.82, 2.24) is 29.9 Å². The molecule has 0 saturated heterocycles. The van der Waals surface area contributed by atoms with Crippen LogP contribution in [0, 0.1) is 0 Å². The summed E-state index contributed by atoms with van der Waals surface area (Å²) in [5.74, 6) is 0.0223. The predicted octanol–water partition coefficient (Wildman–Crippen LogP) is 1.81. The highest BCUT2D eigenvalue weighted by atomic mass is 32.2. The molecule has 0 radical (unpaired) electrons. The zero-order valence-corrected chi connectivity index (χ0v) is 28.6. The molecule has 2 atom stereocenters. The molecule has 2 aromatic heterocycles. The van der Waals surface area contributed by atoms with Gasteiger partial charge in [-0.3, -0.25) is 9.11 Å². The summed E-state index contributed by atoms with van der Waals surface area (Å²) in [4.78, 5) is 23.4. The minimum atomic E-state index is -4.83. The van der Waals surface area contributed by atoms with Crippen LogP contribution in [0.2, 0.25) is 0 Å². The number of hydrogen-bond donors (Lipinski definition) is 8. The van der Waals surface area contributed by atoms with E-state index in [4.69, 9.17) is 9.47 Å². The number of anilines is 6. The lowest BCUT2D eigenvalue weighted by atomic mass is 10.1. The minimum absolute atomic E-state index is 0.0384. The molecular formula is C28H34N10O10S2. The molecule has 4 rings (SSSR count). The maximum absolute atomic E-state index is 12.4. The molecule has 268 valence electrons. The Hall–Kier alpha value is -5.26. The molecule has 22 heteroatoms. The third kappa shape index (κ3) is 10.6. The number of benzene rings is 2. The molecule has 0 saturated carbocycles. The molecule has 0 aliphatic carbocycles. The predicted molar refractivity (Wildman–Crippen MR) is 181 cm³/mol. The van der Waals surface area contributed by atoms with E-state index in [-0.39, 0.29) is 71.4 Å². The van der Waals surface area contributed by atoms with Crippen LogP contribution in [-0.2, 0) is 20.2 Å². The summed E-state index contributed by atoms with van der Waals surface area (Å²) in [6.45, 7) is 3.36. The van der Waals surface area contributed by atoms with Crippen molar-refractivity contribution in [3.8, 4) is 12.0 Å². The normalized spacial score (nSPS) is 13.0. The monoisotopic (exact) mass is 734 g/mol. The zero-order chi connectivity index (χ0) is 36.6. The molecule has 0 amide bonds. The van der Waals surface area contributed by atoms with Crippen molar-refractivity contribution < 1.29 is 45.6 Å². The van der Waals surface area contributed by atoms with E-state index in [1.165, 1.54) is 50.6 Å². The standard InChI is InChI=1S/C28H34N10O10S2/c1-15(39)13-29-23-33-25(37-27(35-23)47-3)31-19-9-7-17(21(11-19)49(41,42)43)5-6-18-8-10-20(12-22(18)50(44,45)46)32-26-34-24(30-14-16(2)40)36-28(38-26)48-4/h5-12,15-16,39-40H,13-14H2,1-4H3,(H,41,42,43)(H,44,45,46)(H2,29,31,33,35,37)(H2,30,32,34,36,38). The van der Waals surface area contributed by atoms with Gasteiger partial charge in [-0.05, 0) is 49.2 Å². The number of methoxy groups -OCH3 is 2. The maximum atomic E-state index is 12.4. The largest absolute Gasteiger partial charge is 0.467 e. The van der Waals surface area contributed by atoms with Gasteiger partial charge in [0.25, 0.3) is 20.2 Å². The van der Waals surface area contributed by atoms with Gasteiger partial charge in [0.15, 0.2) is 0 Å². The Morgan fingerprint density at radius 3 is 1.32 bits per heavy atom. The van der Waals surface area contributed by atoms with Gasteiger partial charge >= 0.3 is 12.0 Å². The van der Waals surface area contributed by atoms with Crippen LogP contribution in [-0.4, -0.2) is 106 Å². The smallest absolute Gasteiger partial charge is 0.322 e. The highest BCUT2D eigenvalue weighted by Crippen LogP contribution is 2.28. The summed E-state index contributed by atoms with van der Waals surface area (Å²) in [6, 6.07) is 7.57. The number of hydrogen-bond acceptors (Lipinski definition) is 18. The van der Waals surface area contributed by atoms with Gasteiger partial charge in [0.05, 0.1) is 26.4 Å². The lowest BCUT2D eigenvalue weighted by Gasteiger charge is -2.12. The molecule has 0 aliphatic rings. The molecule has 20 nitrogen and oxygen atoms in total. The van der Waals surface area contributed by atoms with Crippen molar-refractivity contribution in [3.05, 3.63) is 47.5 Å². The van der Waals surface area contributed by atoms with Crippen molar-refractivity contribution in [3.63, 3.8) is 0 Å². The lowest BCUT2D eigenvalue weighted by Crippen LogP contribution is -2.17. The Bertz CT molecular complexity index is 1930. The first-order chi connectivity index (χ1) is 23.5. The van der Waals surface area contributed by atoms with Crippen LogP contribution in [0.3, 0.4) is 0 Å². The number of rotatable bonds is 16. The van der Waals surface area contributed by atoms with Crippen molar-refractivity contribution in [2.24, 2.45) is 0 Å². The van der Waals surface area contributed by atoms with Gasteiger partial charge in [0, 0.05) is 24.5 Å². The van der Waals surface area contributed by atoms with Crippen molar-refractivity contribution in [2.45, 2.75) is 35.8 Å². The summed E-state index contributed by atoms with van der Waals surface area (Å²) in [5, 5.41) is 30.3. The zero-order valence-electron chi connectivity index (χ0n) is 26.9. The first-order valence-corrected chi connectivity index (χ1v) is 17.3. The van der Waals surface area contributed by atoms with E-state index < -0.39 is 42.2 Å². The Labute approximate surface area is 286 Å². The van der Waals surface area contributed by atoms with E-state index in [1.54, 1.807) is 13.8 Å². The second-order valence-electron chi connectivity index (χ2n) is 10.4. The fourth-order valence-electron chi connectivity index (χ4n) is 4.03. The van der Waals surface area contributed by atoms with E-state index in [0.29, 0.717) is 0 Å². The number of aliphatic hydroxyl groups is 2. The molecule has 0 bridgehead atoms. The summed E-state index contributed by atoms with van der Waals surface area (Å²) in [6.07, 6.45) is 1.04. The van der Waals surface area contributed by atoms with Crippen LogP contribution in [0.25, 0.3) is 12.2 Å². The molecule has 0 aliphatic heterocycles. The van der Waals surface area contributed by atoms with Gasteiger partial charge in [-0.2, -0.15) is 46.7 Å². The number of aliphatic hydroxyl groups excluding tert-OH is 2. The molecule has 50 heavy (non-hydrogen) atoms. The summed E-state index contributed by atoms with van der Waals surface area (Å²) in [5.41, 5.74) is 0.197. The first-order valence-electron chi connectivity index (χ1n) is 14.4. The number of aromatic nitrogens is 6. The van der Waals surface area contributed by atoms with E-state index in [0.717, 1.165) is 12.1 Å². The Kier molecular flexibility index (Phi) is 12.0. The fourth-order valence-corrected chi connectivity index (χ4v) is 5.45. The van der Waals surface area contributed by atoms with Crippen LogP contribution in [0.5, 0.6) is 12.0 Å². The van der Waals surface area contributed by atoms with Gasteiger partial charge in [-0.15, -0.1) is 0 Å². The van der Waals surface area contributed by atoms with Crippen molar-refractivity contribution in [2.75, 3.05) is 48.6 Å². The highest BCUT2D eigenvalue weighted by molar-refractivity contribution is 7.86. The maximum Gasteiger partial charge on any atom is 0.322 e. The quantitative estimate of drug-likeness (QED) is 0.0601. The van der Waals surface area contributed by atoms with Crippen LogP contribution in [0.1, 0.15) is 25.0 Å². The van der Waals surface area contributed by atoms with Crippen molar-refractivity contribution in [1.29, 1.82) is 0 Å². The number of nitrogens with one attached hydrogen (secondary N) is 4. The Morgan fingerprint density at radius 1 is 0.640 bits per heavy atom. The van der Waals surface area contributed by atoms with Crippen LogP contribution >= 0.6 is 0 Å². The van der Waals surface area contributed by atoms with Crippen LogP contribution in [0.15, 0.2) is 46.2 Å². The van der Waals surface area contributed by atoms with Gasteiger partial charge in [0.1, 0.15) is 9.79 Å². The van der Waals surface area contributed by atoms with E-state index in [2.05, 4.69) is 51.2 Å². The number of ether oxygens (including phenoxy) is 2. The SMILES string of the molecule is COc1nc(NCC(C)O)nc(Nc2ccc(C=Cc3ccc(Nc4nc(NCC(C)O)nc(OC)n4)cc3S(=O)(=O)O)c(S(=O)(=O)O)c2)n1. The van der Waals surface area contributed by atoms with Gasteiger partial charge in [-0.25, -0.2) is 0 Å². The second-order valence-corrected chi connectivity index (χ2v) is 13.2.